The zero-order valence-corrected chi connectivity index (χ0v) is 13.8. The van der Waals surface area contributed by atoms with Crippen LogP contribution in [-0.2, 0) is 4.79 Å². The minimum Gasteiger partial charge on any atom is -0.396 e. The van der Waals surface area contributed by atoms with Crippen LogP contribution in [0.15, 0.2) is 18.2 Å². The van der Waals surface area contributed by atoms with Crippen molar-refractivity contribution < 1.29 is 9.90 Å². The molecule has 0 spiro atoms. The number of nitrogens with one attached hydrogen (secondary N) is 2. The number of aliphatic hydroxyl groups excluding tert-OH is 1. The molecule has 0 aliphatic heterocycles. The van der Waals surface area contributed by atoms with Crippen molar-refractivity contribution >= 4 is 23.2 Å². The van der Waals surface area contributed by atoms with Gasteiger partial charge in [-0.05, 0) is 42.9 Å². The number of rotatable bonds is 8. The van der Waals surface area contributed by atoms with Crippen LogP contribution < -0.4 is 10.6 Å². The molecule has 1 aromatic rings. The van der Waals surface area contributed by atoms with Crippen molar-refractivity contribution in [3.05, 3.63) is 28.8 Å². The Labute approximate surface area is 131 Å². The Kier molecular flexibility index (Phi) is 7.15. The maximum absolute atomic E-state index is 11.9. The number of aryl methyl sites for hydroxylation is 1. The summed E-state index contributed by atoms with van der Waals surface area (Å²) in [5, 5.41) is 15.5. The van der Waals surface area contributed by atoms with Gasteiger partial charge in [-0.2, -0.15) is 0 Å². The molecule has 0 radical (unpaired) electrons. The number of carbonyl (C=O) groups excluding carboxylic acids is 1. The molecular weight excluding hydrogens is 288 g/mol. The van der Waals surface area contributed by atoms with Crippen molar-refractivity contribution in [2.24, 2.45) is 5.41 Å². The first-order valence-electron chi connectivity index (χ1n) is 7.22. The molecule has 0 fully saturated rings. The average molecular weight is 313 g/mol. The van der Waals surface area contributed by atoms with Gasteiger partial charge in [0.2, 0.25) is 5.91 Å². The van der Waals surface area contributed by atoms with E-state index in [1.54, 1.807) is 12.1 Å². The molecule has 0 bridgehead atoms. The van der Waals surface area contributed by atoms with E-state index in [2.05, 4.69) is 24.5 Å². The summed E-state index contributed by atoms with van der Waals surface area (Å²) in [6, 6.07) is 5.43. The van der Waals surface area contributed by atoms with E-state index < -0.39 is 0 Å². The molecule has 0 aromatic heterocycles. The highest BCUT2D eigenvalue weighted by Crippen LogP contribution is 2.21. The second kappa shape index (κ2) is 8.37. The van der Waals surface area contributed by atoms with E-state index >= 15 is 0 Å². The summed E-state index contributed by atoms with van der Waals surface area (Å²) in [5.74, 6) is -0.0849. The molecule has 3 N–H and O–H groups in total. The van der Waals surface area contributed by atoms with Crippen molar-refractivity contribution in [2.75, 3.05) is 25.0 Å². The van der Waals surface area contributed by atoms with E-state index in [9.17, 15) is 4.79 Å². The maximum atomic E-state index is 11.9. The summed E-state index contributed by atoms with van der Waals surface area (Å²) < 4.78 is 0. The molecule has 1 amide bonds. The first-order valence-corrected chi connectivity index (χ1v) is 7.59. The van der Waals surface area contributed by atoms with Gasteiger partial charge in [0, 0.05) is 23.9 Å². The summed E-state index contributed by atoms with van der Waals surface area (Å²) >= 11 is 5.93. The number of aliphatic hydroxyl groups is 1. The van der Waals surface area contributed by atoms with Gasteiger partial charge in [0.25, 0.3) is 0 Å². The Morgan fingerprint density at radius 3 is 2.76 bits per heavy atom. The molecule has 4 nitrogen and oxygen atoms in total. The summed E-state index contributed by atoms with van der Waals surface area (Å²) in [6.45, 7) is 7.36. The Morgan fingerprint density at radius 2 is 2.10 bits per heavy atom. The molecule has 0 saturated heterocycles. The first-order chi connectivity index (χ1) is 9.84. The van der Waals surface area contributed by atoms with E-state index in [-0.39, 0.29) is 24.5 Å². The lowest BCUT2D eigenvalue weighted by atomic mass is 9.88. The van der Waals surface area contributed by atoms with Crippen LogP contribution in [0.5, 0.6) is 0 Å². The van der Waals surface area contributed by atoms with Gasteiger partial charge in [0.05, 0.1) is 6.54 Å². The molecule has 0 saturated carbocycles. The minimum absolute atomic E-state index is 0.0645. The largest absolute Gasteiger partial charge is 0.396 e. The van der Waals surface area contributed by atoms with Crippen LogP contribution in [0.25, 0.3) is 0 Å². The van der Waals surface area contributed by atoms with E-state index in [1.807, 2.05) is 13.0 Å². The van der Waals surface area contributed by atoms with Crippen LogP contribution in [0.1, 0.15) is 32.3 Å². The molecule has 21 heavy (non-hydrogen) atoms. The Morgan fingerprint density at radius 1 is 1.38 bits per heavy atom. The highest BCUT2D eigenvalue weighted by molar-refractivity contribution is 6.31. The van der Waals surface area contributed by atoms with Gasteiger partial charge in [-0.15, -0.1) is 0 Å². The number of halogens is 1. The smallest absolute Gasteiger partial charge is 0.238 e. The number of hydrogen-bond donors (Lipinski definition) is 3. The van der Waals surface area contributed by atoms with Gasteiger partial charge in [0.1, 0.15) is 0 Å². The van der Waals surface area contributed by atoms with Crippen LogP contribution in [0.2, 0.25) is 5.02 Å². The third-order valence-electron chi connectivity index (χ3n) is 3.37. The predicted molar refractivity (Wildman–Crippen MR) is 87.8 cm³/mol. The lowest BCUT2D eigenvalue weighted by Crippen LogP contribution is -2.35. The predicted octanol–water partition coefficient (Wildman–Crippen LogP) is 2.98. The van der Waals surface area contributed by atoms with Crippen LogP contribution in [-0.4, -0.2) is 30.7 Å². The highest BCUT2D eigenvalue weighted by Gasteiger charge is 2.17. The van der Waals surface area contributed by atoms with Crippen molar-refractivity contribution in [2.45, 2.75) is 33.6 Å². The number of carbonyl (C=O) groups is 1. The molecule has 0 unspecified atom stereocenters. The fourth-order valence-electron chi connectivity index (χ4n) is 2.08. The molecule has 0 heterocycles. The zero-order chi connectivity index (χ0) is 15.9. The molecule has 0 aliphatic carbocycles. The Balaban J connectivity index is 2.39. The summed E-state index contributed by atoms with van der Waals surface area (Å²) in [4.78, 5) is 11.9. The van der Waals surface area contributed by atoms with Crippen LogP contribution in [0.3, 0.4) is 0 Å². The van der Waals surface area contributed by atoms with Crippen LogP contribution in [0, 0.1) is 12.3 Å². The van der Waals surface area contributed by atoms with E-state index in [1.165, 1.54) is 0 Å². The van der Waals surface area contributed by atoms with Gasteiger partial charge >= 0.3 is 0 Å². The number of hydrogen-bond acceptors (Lipinski definition) is 3. The molecule has 0 atom stereocenters. The van der Waals surface area contributed by atoms with Crippen LogP contribution in [0.4, 0.5) is 5.69 Å². The highest BCUT2D eigenvalue weighted by atomic mass is 35.5. The van der Waals surface area contributed by atoms with Gasteiger partial charge in [-0.25, -0.2) is 0 Å². The summed E-state index contributed by atoms with van der Waals surface area (Å²) in [7, 11) is 0. The minimum atomic E-state index is -0.0849. The van der Waals surface area contributed by atoms with E-state index in [4.69, 9.17) is 16.7 Å². The normalized spacial score (nSPS) is 11.5. The second-order valence-electron chi connectivity index (χ2n) is 6.10. The van der Waals surface area contributed by atoms with Crippen LogP contribution >= 0.6 is 11.6 Å². The fourth-order valence-corrected chi connectivity index (χ4v) is 2.26. The standard InChI is InChI=1S/C16H25ClN2O2/c1-12-5-6-13(17)9-14(12)19-15(21)10-18-11-16(2,3)7-4-8-20/h5-6,9,18,20H,4,7-8,10-11H2,1-3H3,(H,19,21). The van der Waals surface area contributed by atoms with Gasteiger partial charge < -0.3 is 15.7 Å². The monoisotopic (exact) mass is 312 g/mol. The second-order valence-corrected chi connectivity index (χ2v) is 6.54. The van der Waals surface area contributed by atoms with Gasteiger partial charge in [0.15, 0.2) is 0 Å². The number of anilines is 1. The third-order valence-corrected chi connectivity index (χ3v) is 3.61. The molecule has 118 valence electrons. The van der Waals surface area contributed by atoms with Gasteiger partial charge in [-0.1, -0.05) is 31.5 Å². The van der Waals surface area contributed by atoms with E-state index in [0.29, 0.717) is 5.02 Å². The quantitative estimate of drug-likeness (QED) is 0.691. The SMILES string of the molecule is Cc1ccc(Cl)cc1NC(=O)CNCC(C)(C)CCCO. The molecule has 1 aromatic carbocycles. The van der Waals surface area contributed by atoms with E-state index in [0.717, 1.165) is 30.6 Å². The van der Waals surface area contributed by atoms with Crippen molar-refractivity contribution in [1.29, 1.82) is 0 Å². The Hall–Kier alpha value is -1.10. The lowest BCUT2D eigenvalue weighted by Gasteiger charge is -2.24. The molecular formula is C16H25ClN2O2. The Bertz CT molecular complexity index is 475. The number of benzene rings is 1. The lowest BCUT2D eigenvalue weighted by molar-refractivity contribution is -0.115. The summed E-state index contributed by atoms with van der Waals surface area (Å²) in [6.07, 6.45) is 1.70. The number of amides is 1. The van der Waals surface area contributed by atoms with Crippen molar-refractivity contribution in [3.63, 3.8) is 0 Å². The van der Waals surface area contributed by atoms with Gasteiger partial charge in [-0.3, -0.25) is 4.79 Å². The maximum Gasteiger partial charge on any atom is 0.238 e. The fraction of sp³-hybridized carbons (Fsp3) is 0.562. The van der Waals surface area contributed by atoms with Crippen molar-refractivity contribution in [3.8, 4) is 0 Å². The topological polar surface area (TPSA) is 61.4 Å². The molecule has 1 rings (SSSR count). The molecule has 0 aliphatic rings. The average Bonchev–Trinajstić information content (AvgIpc) is 2.40. The van der Waals surface area contributed by atoms with Crippen molar-refractivity contribution in [1.82, 2.24) is 5.32 Å². The molecule has 5 heteroatoms. The third kappa shape index (κ3) is 6.93. The summed E-state index contributed by atoms with van der Waals surface area (Å²) in [5.41, 5.74) is 1.79. The zero-order valence-electron chi connectivity index (χ0n) is 13.0. The first kappa shape index (κ1) is 18.0.